The Kier molecular flexibility index (Phi) is 5.78. The number of aromatic nitrogens is 1. The van der Waals surface area contributed by atoms with Crippen molar-refractivity contribution in [2.45, 2.75) is 31.2 Å². The second kappa shape index (κ2) is 8.01. The van der Waals surface area contributed by atoms with Gasteiger partial charge in [0.2, 0.25) is 5.91 Å². The number of amides is 1. The van der Waals surface area contributed by atoms with Crippen LogP contribution in [0.5, 0.6) is 0 Å². The summed E-state index contributed by atoms with van der Waals surface area (Å²) < 4.78 is 77.7. The number of piperidine rings is 1. The number of benzene rings is 1. The van der Waals surface area contributed by atoms with Crippen LogP contribution in [0.15, 0.2) is 30.5 Å². The fourth-order valence-corrected chi connectivity index (χ4v) is 3.62. The van der Waals surface area contributed by atoms with Gasteiger partial charge in [-0.15, -0.1) is 0 Å². The minimum Gasteiger partial charge on any atom is -0.368 e. The molecule has 160 valence electrons. The number of halogens is 6. The molecule has 5 nitrogen and oxygen atoms in total. The highest BCUT2D eigenvalue weighted by atomic mass is 19.4. The Morgan fingerprint density at radius 1 is 1.20 bits per heavy atom. The molecule has 1 fully saturated rings. The molecule has 0 bridgehead atoms. The van der Waals surface area contributed by atoms with E-state index in [4.69, 9.17) is 0 Å². The van der Waals surface area contributed by atoms with Crippen molar-refractivity contribution in [2.75, 3.05) is 18.0 Å². The number of nitriles is 1. The number of hydrogen-bond acceptors (Lipinski definition) is 4. The monoisotopic (exact) mass is 430 g/mol. The first-order chi connectivity index (χ1) is 14.0. The average molecular weight is 430 g/mol. The number of carbonyl (C=O) groups excluding carboxylic acids is 1. The number of alkyl halides is 6. The smallest absolute Gasteiger partial charge is 0.368 e. The van der Waals surface area contributed by atoms with Gasteiger partial charge in [-0.05, 0) is 30.7 Å². The van der Waals surface area contributed by atoms with Gasteiger partial charge in [-0.25, -0.2) is 0 Å². The predicted molar refractivity (Wildman–Crippen MR) is 95.4 cm³/mol. The van der Waals surface area contributed by atoms with Crippen LogP contribution in [-0.2, 0) is 4.79 Å². The number of anilines is 1. The fraction of sp³-hybridized carbons (Fsp3) is 0.421. The van der Waals surface area contributed by atoms with Crippen molar-refractivity contribution >= 4 is 22.5 Å². The molecule has 0 radical (unpaired) electrons. The molecular formula is C19H16F6N4O. The first kappa shape index (κ1) is 21.7. The molecule has 2 atom stereocenters. The molecule has 1 amide bonds. The summed E-state index contributed by atoms with van der Waals surface area (Å²) in [5.41, 5.74) is 0.916. The van der Waals surface area contributed by atoms with Crippen LogP contribution in [0.4, 0.5) is 32.0 Å². The van der Waals surface area contributed by atoms with E-state index in [-0.39, 0.29) is 12.1 Å². The van der Waals surface area contributed by atoms with E-state index in [0.29, 0.717) is 16.6 Å². The SMILES string of the molecule is N#Cc1ccc(N2CC(NC(=O)CC(F)(F)F)CC(C(F)(F)F)C2)c2cccnc12. The zero-order valence-electron chi connectivity index (χ0n) is 15.4. The number of rotatable bonds is 3. The zero-order chi connectivity index (χ0) is 22.1. The third-order valence-electron chi connectivity index (χ3n) is 4.85. The molecule has 2 unspecified atom stereocenters. The predicted octanol–water partition coefficient (Wildman–Crippen LogP) is 3.93. The molecule has 1 N–H and O–H groups in total. The van der Waals surface area contributed by atoms with E-state index in [2.05, 4.69) is 10.3 Å². The molecule has 1 aliphatic heterocycles. The lowest BCUT2D eigenvalue weighted by Crippen LogP contribution is -2.54. The van der Waals surface area contributed by atoms with Crippen LogP contribution in [0.3, 0.4) is 0 Å². The molecule has 2 aromatic rings. The molecule has 1 aliphatic rings. The Balaban J connectivity index is 1.93. The minimum absolute atomic E-state index is 0.105. The summed E-state index contributed by atoms with van der Waals surface area (Å²) in [5.74, 6) is -3.22. The van der Waals surface area contributed by atoms with Gasteiger partial charge in [0.25, 0.3) is 0 Å². The zero-order valence-corrected chi connectivity index (χ0v) is 15.4. The van der Waals surface area contributed by atoms with Crippen LogP contribution in [0, 0.1) is 17.2 Å². The summed E-state index contributed by atoms with van der Waals surface area (Å²) in [5, 5.41) is 11.8. The maximum Gasteiger partial charge on any atom is 0.397 e. The van der Waals surface area contributed by atoms with Crippen molar-refractivity contribution in [1.82, 2.24) is 10.3 Å². The van der Waals surface area contributed by atoms with Gasteiger partial charge in [0.05, 0.1) is 17.0 Å². The highest BCUT2D eigenvalue weighted by Gasteiger charge is 2.45. The van der Waals surface area contributed by atoms with Crippen LogP contribution < -0.4 is 10.2 Å². The quantitative estimate of drug-likeness (QED) is 0.750. The number of hydrogen-bond donors (Lipinski definition) is 1. The highest BCUT2D eigenvalue weighted by molar-refractivity contribution is 5.95. The van der Waals surface area contributed by atoms with Crippen LogP contribution >= 0.6 is 0 Å². The lowest BCUT2D eigenvalue weighted by Gasteiger charge is -2.40. The maximum atomic E-state index is 13.5. The summed E-state index contributed by atoms with van der Waals surface area (Å²) in [6.45, 7) is -0.531. The Labute approximate surface area is 167 Å². The Morgan fingerprint density at radius 3 is 2.57 bits per heavy atom. The van der Waals surface area contributed by atoms with Gasteiger partial charge >= 0.3 is 12.4 Å². The van der Waals surface area contributed by atoms with E-state index in [1.54, 1.807) is 12.1 Å². The minimum atomic E-state index is -4.75. The van der Waals surface area contributed by atoms with Crippen LogP contribution in [0.2, 0.25) is 0 Å². The second-order valence-corrected chi connectivity index (χ2v) is 7.08. The van der Waals surface area contributed by atoms with Crippen molar-refractivity contribution in [2.24, 2.45) is 5.92 Å². The van der Waals surface area contributed by atoms with Crippen molar-refractivity contribution in [3.8, 4) is 6.07 Å². The van der Waals surface area contributed by atoms with Gasteiger partial charge in [-0.3, -0.25) is 9.78 Å². The number of pyridine rings is 1. The van der Waals surface area contributed by atoms with E-state index in [1.165, 1.54) is 23.2 Å². The van der Waals surface area contributed by atoms with Crippen LogP contribution in [-0.4, -0.2) is 42.4 Å². The van der Waals surface area contributed by atoms with E-state index >= 15 is 0 Å². The summed E-state index contributed by atoms with van der Waals surface area (Å²) in [4.78, 5) is 17.1. The standard InChI is InChI=1S/C19H16F6N4O/c20-18(21,22)7-16(30)28-13-6-12(19(23,24)25)9-29(10-13)15-4-3-11(8-26)17-14(15)2-1-5-27-17/h1-5,12-13H,6-7,9-10H2,(H,28,30). The molecule has 11 heteroatoms. The van der Waals surface area contributed by atoms with E-state index < -0.39 is 49.6 Å². The Morgan fingerprint density at radius 2 is 1.93 bits per heavy atom. The number of carbonyl (C=O) groups is 1. The summed E-state index contributed by atoms with van der Waals surface area (Å²) in [6.07, 6.45) is -10.2. The number of fused-ring (bicyclic) bond motifs is 1. The summed E-state index contributed by atoms with van der Waals surface area (Å²) in [7, 11) is 0. The molecule has 0 aliphatic carbocycles. The lowest BCUT2D eigenvalue weighted by molar-refractivity contribution is -0.178. The number of nitrogens with zero attached hydrogens (tertiary/aromatic N) is 3. The Hall–Kier alpha value is -3.03. The van der Waals surface area contributed by atoms with Gasteiger partial charge in [-0.2, -0.15) is 31.6 Å². The van der Waals surface area contributed by atoms with Gasteiger partial charge in [0, 0.05) is 36.4 Å². The van der Waals surface area contributed by atoms with Crippen molar-refractivity contribution < 1.29 is 31.1 Å². The van der Waals surface area contributed by atoms with Gasteiger partial charge < -0.3 is 10.2 Å². The molecule has 0 spiro atoms. The van der Waals surface area contributed by atoms with Crippen molar-refractivity contribution in [3.05, 3.63) is 36.0 Å². The third-order valence-corrected chi connectivity index (χ3v) is 4.85. The molecule has 0 saturated carbocycles. The number of nitrogens with one attached hydrogen (secondary N) is 1. The molecule has 3 rings (SSSR count). The molecule has 1 saturated heterocycles. The Bertz CT molecular complexity index is 982. The maximum absolute atomic E-state index is 13.5. The normalized spacial score (nSPS) is 20.1. The molecular weight excluding hydrogens is 414 g/mol. The van der Waals surface area contributed by atoms with Crippen molar-refractivity contribution in [3.63, 3.8) is 0 Å². The summed E-state index contributed by atoms with van der Waals surface area (Å²) in [6, 6.07) is 6.93. The third kappa shape index (κ3) is 4.93. The lowest BCUT2D eigenvalue weighted by atomic mass is 9.92. The van der Waals surface area contributed by atoms with Crippen LogP contribution in [0.25, 0.3) is 10.9 Å². The molecule has 2 heterocycles. The van der Waals surface area contributed by atoms with E-state index in [0.717, 1.165) is 0 Å². The topological polar surface area (TPSA) is 69.0 Å². The first-order valence-electron chi connectivity index (χ1n) is 8.93. The molecule has 30 heavy (non-hydrogen) atoms. The van der Waals surface area contributed by atoms with E-state index in [1.807, 2.05) is 6.07 Å². The highest BCUT2D eigenvalue weighted by Crippen LogP contribution is 2.37. The fourth-order valence-electron chi connectivity index (χ4n) is 3.62. The first-order valence-corrected chi connectivity index (χ1v) is 8.93. The van der Waals surface area contributed by atoms with E-state index in [9.17, 15) is 36.4 Å². The van der Waals surface area contributed by atoms with Gasteiger partial charge in [0.1, 0.15) is 12.5 Å². The molecule has 1 aromatic heterocycles. The second-order valence-electron chi connectivity index (χ2n) is 7.08. The average Bonchev–Trinajstić information content (AvgIpc) is 2.64. The molecule has 1 aromatic carbocycles. The van der Waals surface area contributed by atoms with Gasteiger partial charge in [-0.1, -0.05) is 0 Å². The van der Waals surface area contributed by atoms with Crippen molar-refractivity contribution in [1.29, 1.82) is 5.26 Å². The van der Waals surface area contributed by atoms with Gasteiger partial charge in [0.15, 0.2) is 0 Å². The van der Waals surface area contributed by atoms with Crippen LogP contribution in [0.1, 0.15) is 18.4 Å². The summed E-state index contributed by atoms with van der Waals surface area (Å²) >= 11 is 0. The largest absolute Gasteiger partial charge is 0.397 e.